The Kier molecular flexibility index (Phi) is 11.7. The molecule has 1 atom stereocenters. The first-order chi connectivity index (χ1) is 10.1. The second-order valence-electron chi connectivity index (χ2n) is 6.64. The van der Waals surface area contributed by atoms with Gasteiger partial charge in [-0.05, 0) is 25.2 Å². The van der Waals surface area contributed by atoms with Crippen molar-refractivity contribution in [3.8, 4) is 0 Å². The standard InChI is InChI=1S/C18H38N2O/c1-5-8-10-12-14-16(15-13-11-9-6-2)18(4,7-3)17(21)20-19/h16H,5-15,19H2,1-4H3,(H,20,21)/t18-/m1/s1. The zero-order valence-electron chi connectivity index (χ0n) is 14.8. The van der Waals surface area contributed by atoms with Crippen molar-refractivity contribution in [1.82, 2.24) is 5.43 Å². The third-order valence-electron chi connectivity index (χ3n) is 5.10. The molecular weight excluding hydrogens is 260 g/mol. The first-order valence-electron chi connectivity index (χ1n) is 9.07. The average molecular weight is 299 g/mol. The van der Waals surface area contributed by atoms with Gasteiger partial charge in [0.1, 0.15) is 0 Å². The molecule has 0 aromatic rings. The van der Waals surface area contributed by atoms with E-state index in [0.717, 1.165) is 19.3 Å². The van der Waals surface area contributed by atoms with Gasteiger partial charge in [0.15, 0.2) is 0 Å². The van der Waals surface area contributed by atoms with Crippen LogP contribution in [-0.4, -0.2) is 5.91 Å². The topological polar surface area (TPSA) is 55.1 Å². The van der Waals surface area contributed by atoms with Gasteiger partial charge in [0, 0.05) is 0 Å². The van der Waals surface area contributed by atoms with Crippen molar-refractivity contribution < 1.29 is 4.79 Å². The lowest BCUT2D eigenvalue weighted by Crippen LogP contribution is -2.46. The number of hydrogen-bond acceptors (Lipinski definition) is 2. The molecule has 0 rings (SSSR count). The van der Waals surface area contributed by atoms with Crippen molar-refractivity contribution in [3.63, 3.8) is 0 Å². The molecule has 0 bridgehead atoms. The summed E-state index contributed by atoms with van der Waals surface area (Å²) in [5, 5.41) is 0. The highest BCUT2D eigenvalue weighted by atomic mass is 16.2. The molecule has 0 saturated carbocycles. The lowest BCUT2D eigenvalue weighted by molar-refractivity contribution is -0.134. The Hall–Kier alpha value is -0.570. The molecule has 0 radical (unpaired) electrons. The van der Waals surface area contributed by atoms with Gasteiger partial charge < -0.3 is 0 Å². The van der Waals surface area contributed by atoms with Gasteiger partial charge in [-0.3, -0.25) is 10.2 Å². The highest BCUT2D eigenvalue weighted by Gasteiger charge is 2.38. The average Bonchev–Trinajstić information content (AvgIpc) is 2.51. The predicted molar refractivity (Wildman–Crippen MR) is 91.7 cm³/mol. The zero-order chi connectivity index (χ0) is 16.1. The third kappa shape index (κ3) is 7.30. The molecule has 0 fully saturated rings. The van der Waals surface area contributed by atoms with Crippen LogP contribution in [0.2, 0.25) is 0 Å². The number of nitrogens with two attached hydrogens (primary N) is 1. The fourth-order valence-corrected chi connectivity index (χ4v) is 3.22. The summed E-state index contributed by atoms with van der Waals surface area (Å²) in [7, 11) is 0. The van der Waals surface area contributed by atoms with Crippen LogP contribution in [0, 0.1) is 11.3 Å². The summed E-state index contributed by atoms with van der Waals surface area (Å²) in [6, 6.07) is 0. The molecule has 126 valence electrons. The van der Waals surface area contributed by atoms with Crippen molar-refractivity contribution in [2.24, 2.45) is 17.2 Å². The van der Waals surface area contributed by atoms with Crippen LogP contribution in [0.3, 0.4) is 0 Å². The Morgan fingerprint density at radius 3 is 1.76 bits per heavy atom. The van der Waals surface area contributed by atoms with Gasteiger partial charge in [-0.1, -0.05) is 79.1 Å². The second kappa shape index (κ2) is 12.0. The Morgan fingerprint density at radius 1 is 0.952 bits per heavy atom. The second-order valence-corrected chi connectivity index (χ2v) is 6.64. The minimum absolute atomic E-state index is 0.0148. The number of carbonyl (C=O) groups is 1. The number of hydrogen-bond donors (Lipinski definition) is 2. The normalized spacial score (nSPS) is 14.2. The highest BCUT2D eigenvalue weighted by molar-refractivity contribution is 5.81. The van der Waals surface area contributed by atoms with E-state index in [1.807, 2.05) is 0 Å². The van der Waals surface area contributed by atoms with E-state index in [1.54, 1.807) is 0 Å². The molecule has 0 aliphatic rings. The van der Waals surface area contributed by atoms with Crippen LogP contribution in [-0.2, 0) is 4.79 Å². The largest absolute Gasteiger partial charge is 0.294 e. The van der Waals surface area contributed by atoms with E-state index in [9.17, 15) is 4.79 Å². The van der Waals surface area contributed by atoms with E-state index in [0.29, 0.717) is 5.92 Å². The van der Waals surface area contributed by atoms with Gasteiger partial charge in [0.25, 0.3) is 0 Å². The molecule has 21 heavy (non-hydrogen) atoms. The van der Waals surface area contributed by atoms with Crippen LogP contribution in [0.25, 0.3) is 0 Å². The molecule has 0 spiro atoms. The number of carbonyl (C=O) groups excluding carboxylic acids is 1. The lowest BCUT2D eigenvalue weighted by Gasteiger charge is -2.35. The van der Waals surface area contributed by atoms with Crippen molar-refractivity contribution >= 4 is 5.91 Å². The van der Waals surface area contributed by atoms with Gasteiger partial charge >= 0.3 is 0 Å². The molecule has 0 saturated heterocycles. The Labute approximate surface area is 132 Å². The van der Waals surface area contributed by atoms with Crippen LogP contribution < -0.4 is 11.3 Å². The first kappa shape index (κ1) is 20.4. The van der Waals surface area contributed by atoms with Crippen LogP contribution in [0.1, 0.15) is 98.3 Å². The molecular formula is C18H38N2O. The monoisotopic (exact) mass is 298 g/mol. The van der Waals surface area contributed by atoms with Gasteiger partial charge in [0.05, 0.1) is 5.41 Å². The Morgan fingerprint density at radius 2 is 1.43 bits per heavy atom. The van der Waals surface area contributed by atoms with E-state index in [2.05, 4.69) is 33.1 Å². The van der Waals surface area contributed by atoms with E-state index in [4.69, 9.17) is 5.84 Å². The van der Waals surface area contributed by atoms with E-state index >= 15 is 0 Å². The fourth-order valence-electron chi connectivity index (χ4n) is 3.22. The van der Waals surface area contributed by atoms with Gasteiger partial charge in [-0.25, -0.2) is 5.84 Å². The molecule has 0 heterocycles. The summed E-state index contributed by atoms with van der Waals surface area (Å²) in [5.41, 5.74) is 2.09. The molecule has 0 aliphatic carbocycles. The van der Waals surface area contributed by atoms with Crippen molar-refractivity contribution in [2.45, 2.75) is 98.3 Å². The summed E-state index contributed by atoms with van der Waals surface area (Å²) >= 11 is 0. The molecule has 0 aromatic carbocycles. The van der Waals surface area contributed by atoms with Crippen LogP contribution in [0.4, 0.5) is 0 Å². The van der Waals surface area contributed by atoms with Crippen LogP contribution in [0.5, 0.6) is 0 Å². The Balaban J connectivity index is 4.61. The van der Waals surface area contributed by atoms with Crippen molar-refractivity contribution in [3.05, 3.63) is 0 Å². The number of rotatable bonds is 13. The van der Waals surface area contributed by atoms with Crippen LogP contribution >= 0.6 is 0 Å². The van der Waals surface area contributed by atoms with Crippen LogP contribution in [0.15, 0.2) is 0 Å². The zero-order valence-corrected chi connectivity index (χ0v) is 14.8. The van der Waals surface area contributed by atoms with E-state index in [-0.39, 0.29) is 11.3 Å². The van der Waals surface area contributed by atoms with Gasteiger partial charge in [0.2, 0.25) is 5.91 Å². The van der Waals surface area contributed by atoms with E-state index in [1.165, 1.54) is 51.4 Å². The molecule has 3 nitrogen and oxygen atoms in total. The molecule has 0 aromatic heterocycles. The minimum atomic E-state index is -0.312. The summed E-state index contributed by atoms with van der Waals surface area (Å²) in [6.45, 7) is 8.68. The van der Waals surface area contributed by atoms with E-state index < -0.39 is 0 Å². The van der Waals surface area contributed by atoms with Gasteiger partial charge in [-0.2, -0.15) is 0 Å². The molecule has 3 N–H and O–H groups in total. The highest BCUT2D eigenvalue weighted by Crippen LogP contribution is 2.38. The summed E-state index contributed by atoms with van der Waals surface area (Å²) in [4.78, 5) is 12.2. The molecule has 1 amide bonds. The molecule has 0 unspecified atom stereocenters. The Bertz CT molecular complexity index is 256. The summed E-state index contributed by atoms with van der Waals surface area (Å²) < 4.78 is 0. The maximum atomic E-state index is 12.2. The number of hydrazine groups is 1. The number of unbranched alkanes of at least 4 members (excludes halogenated alkanes) is 6. The SMILES string of the molecule is CCCCCCC(CCCCCC)[C@@](C)(CC)C(=O)NN. The quantitative estimate of drug-likeness (QED) is 0.219. The fraction of sp³-hybridized carbons (Fsp3) is 0.944. The van der Waals surface area contributed by atoms with Gasteiger partial charge in [-0.15, -0.1) is 0 Å². The maximum Gasteiger partial charge on any atom is 0.240 e. The minimum Gasteiger partial charge on any atom is -0.294 e. The number of amides is 1. The first-order valence-corrected chi connectivity index (χ1v) is 9.07. The summed E-state index contributed by atoms with van der Waals surface area (Å²) in [5.74, 6) is 5.90. The lowest BCUT2D eigenvalue weighted by atomic mass is 9.70. The predicted octanol–water partition coefficient (Wildman–Crippen LogP) is 4.95. The van der Waals surface area contributed by atoms with Crippen molar-refractivity contribution in [1.29, 1.82) is 0 Å². The summed E-state index contributed by atoms with van der Waals surface area (Å²) in [6.07, 6.45) is 13.3. The van der Waals surface area contributed by atoms with Crippen molar-refractivity contribution in [2.75, 3.05) is 0 Å². The smallest absolute Gasteiger partial charge is 0.240 e. The maximum absolute atomic E-state index is 12.2. The number of nitrogens with one attached hydrogen (secondary N) is 1. The molecule has 0 aliphatic heterocycles. The molecule has 3 heteroatoms. The third-order valence-corrected chi connectivity index (χ3v) is 5.10.